The lowest BCUT2D eigenvalue weighted by Crippen LogP contribution is -2.55. The molecule has 0 fully saturated rings. The van der Waals surface area contributed by atoms with Crippen molar-refractivity contribution in [1.82, 2.24) is 15.4 Å². The molecule has 5 N–H and O–H groups in total. The normalized spacial score (nSPS) is 14.5. The van der Waals surface area contributed by atoms with Crippen LogP contribution in [0.1, 0.15) is 33.6 Å². The molecule has 3 atom stereocenters. The zero-order valence-electron chi connectivity index (χ0n) is 18.2. The standard InChI is InChI=1S/C20H32N4O6S/c1-13(2)12-17(19(26)23-15-8-6-5-7-9-15)24-18(25)16(22-14(3)20(27)28)10-11-21-31(4,29)30/h5-9,13-14,16-17,21-22H,10-12H2,1-4H3,(H,23,26)(H,24,25)(H,27,28)/t14-,16+,17+/m1/s1. The third-order valence-electron chi connectivity index (χ3n) is 4.32. The molecular formula is C20H32N4O6S. The zero-order valence-corrected chi connectivity index (χ0v) is 19.0. The number of benzene rings is 1. The van der Waals surface area contributed by atoms with E-state index in [0.717, 1.165) is 6.26 Å². The molecule has 0 saturated heterocycles. The first-order valence-corrected chi connectivity index (χ1v) is 11.9. The van der Waals surface area contributed by atoms with Gasteiger partial charge in [0.05, 0.1) is 12.3 Å². The first kappa shape index (κ1) is 26.5. The lowest BCUT2D eigenvalue weighted by atomic mass is 10.0. The van der Waals surface area contributed by atoms with Gasteiger partial charge in [-0.3, -0.25) is 19.7 Å². The number of amides is 2. The Morgan fingerprint density at radius 1 is 1.00 bits per heavy atom. The van der Waals surface area contributed by atoms with Crippen molar-refractivity contribution in [2.45, 2.75) is 51.7 Å². The number of para-hydroxylation sites is 1. The third-order valence-corrected chi connectivity index (χ3v) is 5.05. The molecule has 11 heteroatoms. The Hall–Kier alpha value is -2.50. The Bertz CT molecular complexity index is 844. The summed E-state index contributed by atoms with van der Waals surface area (Å²) >= 11 is 0. The van der Waals surface area contributed by atoms with E-state index in [-0.39, 0.29) is 18.9 Å². The van der Waals surface area contributed by atoms with E-state index >= 15 is 0 Å². The second-order valence-electron chi connectivity index (χ2n) is 7.78. The number of rotatable bonds is 13. The summed E-state index contributed by atoms with van der Waals surface area (Å²) in [5.74, 6) is -2.04. The smallest absolute Gasteiger partial charge is 0.320 e. The highest BCUT2D eigenvalue weighted by Crippen LogP contribution is 2.11. The monoisotopic (exact) mass is 456 g/mol. The van der Waals surface area contributed by atoms with Gasteiger partial charge in [0, 0.05) is 12.2 Å². The van der Waals surface area contributed by atoms with Crippen molar-refractivity contribution in [2.75, 3.05) is 18.1 Å². The van der Waals surface area contributed by atoms with E-state index in [9.17, 15) is 22.8 Å². The number of carbonyl (C=O) groups is 3. The van der Waals surface area contributed by atoms with Gasteiger partial charge in [0.15, 0.2) is 0 Å². The number of carboxylic acid groups (broad SMARTS) is 1. The Kier molecular flexibility index (Phi) is 10.6. The molecule has 174 valence electrons. The largest absolute Gasteiger partial charge is 0.480 e. The minimum atomic E-state index is -3.47. The number of aliphatic carboxylic acids is 1. The van der Waals surface area contributed by atoms with Crippen LogP contribution in [0.15, 0.2) is 30.3 Å². The summed E-state index contributed by atoms with van der Waals surface area (Å²) in [5.41, 5.74) is 0.585. The van der Waals surface area contributed by atoms with Gasteiger partial charge in [0.1, 0.15) is 12.1 Å². The fraction of sp³-hybridized carbons (Fsp3) is 0.550. The van der Waals surface area contributed by atoms with E-state index in [1.165, 1.54) is 6.92 Å². The number of nitrogens with one attached hydrogen (secondary N) is 4. The second-order valence-corrected chi connectivity index (χ2v) is 9.61. The van der Waals surface area contributed by atoms with Crippen LogP contribution in [0.25, 0.3) is 0 Å². The third kappa shape index (κ3) is 10.9. The lowest BCUT2D eigenvalue weighted by molar-refractivity contribution is -0.139. The average molecular weight is 457 g/mol. The summed E-state index contributed by atoms with van der Waals surface area (Å²) in [6.45, 7) is 5.13. The van der Waals surface area contributed by atoms with Crippen molar-refractivity contribution in [1.29, 1.82) is 0 Å². The Morgan fingerprint density at radius 3 is 2.13 bits per heavy atom. The maximum atomic E-state index is 12.9. The van der Waals surface area contributed by atoms with Crippen LogP contribution < -0.4 is 20.7 Å². The van der Waals surface area contributed by atoms with Crippen LogP contribution in [-0.4, -0.2) is 62.2 Å². The molecule has 0 heterocycles. The summed E-state index contributed by atoms with van der Waals surface area (Å²) in [5, 5.41) is 17.3. The second kappa shape index (κ2) is 12.4. The maximum absolute atomic E-state index is 12.9. The predicted molar refractivity (Wildman–Crippen MR) is 118 cm³/mol. The molecule has 0 aliphatic rings. The molecule has 0 aliphatic heterocycles. The van der Waals surface area contributed by atoms with Crippen molar-refractivity contribution < 1.29 is 27.9 Å². The Balaban J connectivity index is 2.92. The maximum Gasteiger partial charge on any atom is 0.320 e. The molecule has 0 bridgehead atoms. The molecule has 0 saturated carbocycles. The van der Waals surface area contributed by atoms with Crippen LogP contribution in [0.5, 0.6) is 0 Å². The van der Waals surface area contributed by atoms with Crippen molar-refractivity contribution >= 4 is 33.5 Å². The summed E-state index contributed by atoms with van der Waals surface area (Å²) in [6, 6.07) is 5.90. The summed E-state index contributed by atoms with van der Waals surface area (Å²) in [4.78, 5) is 36.8. The molecule has 0 aromatic heterocycles. The summed E-state index contributed by atoms with van der Waals surface area (Å²) < 4.78 is 24.9. The van der Waals surface area contributed by atoms with E-state index in [4.69, 9.17) is 5.11 Å². The number of anilines is 1. The molecule has 2 amide bonds. The Morgan fingerprint density at radius 2 is 1.61 bits per heavy atom. The van der Waals surface area contributed by atoms with Gasteiger partial charge < -0.3 is 15.7 Å². The van der Waals surface area contributed by atoms with Gasteiger partial charge in [0.25, 0.3) is 0 Å². The number of carbonyl (C=O) groups excluding carboxylic acids is 2. The molecular weight excluding hydrogens is 424 g/mol. The summed E-state index contributed by atoms with van der Waals surface area (Å²) in [6.07, 6.45) is 1.36. The summed E-state index contributed by atoms with van der Waals surface area (Å²) in [7, 11) is -3.47. The van der Waals surface area contributed by atoms with E-state index in [0.29, 0.717) is 12.1 Å². The van der Waals surface area contributed by atoms with Gasteiger partial charge in [-0.15, -0.1) is 0 Å². The van der Waals surface area contributed by atoms with Gasteiger partial charge in [-0.05, 0) is 37.8 Å². The minimum Gasteiger partial charge on any atom is -0.480 e. The lowest BCUT2D eigenvalue weighted by Gasteiger charge is -2.25. The molecule has 10 nitrogen and oxygen atoms in total. The highest BCUT2D eigenvalue weighted by atomic mass is 32.2. The van der Waals surface area contributed by atoms with Crippen molar-refractivity contribution in [2.24, 2.45) is 5.92 Å². The van der Waals surface area contributed by atoms with Crippen LogP contribution >= 0.6 is 0 Å². The molecule has 1 aromatic rings. The predicted octanol–water partition coefficient (Wildman–Crippen LogP) is 0.527. The topological polar surface area (TPSA) is 154 Å². The molecule has 0 spiro atoms. The average Bonchev–Trinajstić information content (AvgIpc) is 2.65. The van der Waals surface area contributed by atoms with Crippen molar-refractivity contribution in [3.05, 3.63) is 30.3 Å². The van der Waals surface area contributed by atoms with Crippen LogP contribution in [0.2, 0.25) is 0 Å². The highest BCUT2D eigenvalue weighted by molar-refractivity contribution is 7.88. The highest BCUT2D eigenvalue weighted by Gasteiger charge is 2.28. The van der Waals surface area contributed by atoms with Crippen LogP contribution in [0.4, 0.5) is 5.69 Å². The molecule has 0 aliphatic carbocycles. The fourth-order valence-corrected chi connectivity index (χ4v) is 3.27. The van der Waals surface area contributed by atoms with Gasteiger partial charge in [-0.25, -0.2) is 13.1 Å². The number of sulfonamides is 1. The first-order valence-electron chi connectivity index (χ1n) is 9.98. The van der Waals surface area contributed by atoms with Gasteiger partial charge in [-0.2, -0.15) is 0 Å². The number of hydrogen-bond donors (Lipinski definition) is 5. The number of carboxylic acids is 1. The van der Waals surface area contributed by atoms with E-state index < -0.39 is 45.9 Å². The van der Waals surface area contributed by atoms with Crippen molar-refractivity contribution in [3.63, 3.8) is 0 Å². The molecule has 31 heavy (non-hydrogen) atoms. The van der Waals surface area contributed by atoms with E-state index in [1.807, 2.05) is 19.9 Å². The molecule has 1 rings (SSSR count). The van der Waals surface area contributed by atoms with E-state index in [2.05, 4.69) is 20.7 Å². The SMILES string of the molecule is CC(C)C[C@H](NC(=O)[C@H](CCNS(C)(=O)=O)N[C@H](C)C(=O)O)C(=O)Nc1ccccc1. The molecule has 0 radical (unpaired) electrons. The quantitative estimate of drug-likeness (QED) is 0.290. The zero-order chi connectivity index (χ0) is 23.6. The fourth-order valence-electron chi connectivity index (χ4n) is 2.78. The van der Waals surface area contributed by atoms with Gasteiger partial charge >= 0.3 is 5.97 Å². The van der Waals surface area contributed by atoms with Gasteiger partial charge in [0.2, 0.25) is 21.8 Å². The number of hydrogen-bond acceptors (Lipinski definition) is 6. The Labute approximate surface area is 183 Å². The van der Waals surface area contributed by atoms with E-state index in [1.54, 1.807) is 24.3 Å². The van der Waals surface area contributed by atoms with Crippen molar-refractivity contribution in [3.8, 4) is 0 Å². The van der Waals surface area contributed by atoms with Gasteiger partial charge in [-0.1, -0.05) is 32.0 Å². The first-order chi connectivity index (χ1) is 14.4. The van der Waals surface area contributed by atoms with Crippen LogP contribution in [-0.2, 0) is 24.4 Å². The molecule has 0 unspecified atom stereocenters. The van der Waals surface area contributed by atoms with Crippen LogP contribution in [0, 0.1) is 5.92 Å². The minimum absolute atomic E-state index is 0.00518. The molecule has 1 aromatic carbocycles. The van der Waals surface area contributed by atoms with Crippen LogP contribution in [0.3, 0.4) is 0 Å².